The number of H-pyrrole nitrogens is 1. The number of fused-ring (bicyclic) bond motifs is 1. The van der Waals surface area contributed by atoms with Gasteiger partial charge in [-0.1, -0.05) is 6.92 Å². The maximum absolute atomic E-state index is 11.6. The van der Waals surface area contributed by atoms with Crippen LogP contribution >= 0.6 is 0 Å². The number of nitrogens with one attached hydrogen (secondary N) is 1. The average Bonchev–Trinajstić information content (AvgIpc) is 2.69. The van der Waals surface area contributed by atoms with Gasteiger partial charge in [-0.05, 0) is 19.4 Å². The largest absolute Gasteiger partial charge is 0.326 e. The number of aromatic nitrogens is 3. The highest BCUT2D eigenvalue weighted by Crippen LogP contribution is 2.16. The van der Waals surface area contributed by atoms with Gasteiger partial charge in [-0.3, -0.25) is 4.79 Å². The van der Waals surface area contributed by atoms with E-state index in [1.165, 1.54) is 0 Å². The summed E-state index contributed by atoms with van der Waals surface area (Å²) in [5.74, 6) is 0. The van der Waals surface area contributed by atoms with Gasteiger partial charge < -0.3 is 10.7 Å². The molecule has 3 N–H and O–H groups in total. The van der Waals surface area contributed by atoms with E-state index in [9.17, 15) is 4.79 Å². The topological polar surface area (TPSA) is 76.7 Å². The minimum atomic E-state index is -0.125. The smallest absolute Gasteiger partial charge is 0.254 e. The Kier molecular flexibility index (Phi) is 2.78. The summed E-state index contributed by atoms with van der Waals surface area (Å²) in [4.78, 5) is 14.5. The molecule has 2 aromatic heterocycles. The van der Waals surface area contributed by atoms with E-state index < -0.39 is 0 Å². The zero-order valence-electron chi connectivity index (χ0n) is 9.53. The highest BCUT2D eigenvalue weighted by Gasteiger charge is 2.10. The summed E-state index contributed by atoms with van der Waals surface area (Å²) in [6.45, 7) is 4.41. The lowest BCUT2D eigenvalue weighted by Gasteiger charge is -2.10. The fraction of sp³-hybridized carbons (Fsp3) is 0.455. The third kappa shape index (κ3) is 1.63. The summed E-state index contributed by atoms with van der Waals surface area (Å²) in [6.07, 6.45) is 2.73. The summed E-state index contributed by atoms with van der Waals surface area (Å²) in [5, 5.41) is 5.22. The van der Waals surface area contributed by atoms with Crippen molar-refractivity contribution in [1.82, 2.24) is 14.8 Å². The van der Waals surface area contributed by atoms with Crippen LogP contribution in [0.25, 0.3) is 11.0 Å². The average molecular weight is 220 g/mol. The van der Waals surface area contributed by atoms with Crippen LogP contribution in [0, 0.1) is 0 Å². The van der Waals surface area contributed by atoms with E-state index >= 15 is 0 Å². The van der Waals surface area contributed by atoms with Gasteiger partial charge in [0.1, 0.15) is 5.65 Å². The molecule has 0 radical (unpaired) electrons. The van der Waals surface area contributed by atoms with Crippen molar-refractivity contribution < 1.29 is 0 Å². The van der Waals surface area contributed by atoms with Gasteiger partial charge in [0.05, 0.1) is 12.2 Å². The van der Waals surface area contributed by atoms with Crippen LogP contribution in [0.4, 0.5) is 0 Å². The standard InChI is InChI=1S/C11H16N4O/c1-3-7(2)15-10-9(6-13-15)4-8(5-12)11(16)14-10/h4,6-7H,3,5,12H2,1-2H3,(H,14,16). The molecule has 2 heterocycles. The highest BCUT2D eigenvalue weighted by molar-refractivity contribution is 5.75. The zero-order valence-corrected chi connectivity index (χ0v) is 9.53. The molecule has 0 aromatic carbocycles. The molecule has 0 spiro atoms. The molecule has 0 saturated carbocycles. The maximum Gasteiger partial charge on any atom is 0.254 e. The quantitative estimate of drug-likeness (QED) is 0.814. The molecular weight excluding hydrogens is 204 g/mol. The number of hydrogen-bond donors (Lipinski definition) is 2. The second-order valence-electron chi connectivity index (χ2n) is 3.98. The first-order valence-corrected chi connectivity index (χ1v) is 5.46. The zero-order chi connectivity index (χ0) is 11.7. The van der Waals surface area contributed by atoms with Crippen LogP contribution in [0.1, 0.15) is 31.9 Å². The van der Waals surface area contributed by atoms with Crippen LogP contribution in [-0.4, -0.2) is 14.8 Å². The second-order valence-corrected chi connectivity index (χ2v) is 3.98. The number of aromatic amines is 1. The third-order valence-electron chi connectivity index (χ3n) is 2.91. The van der Waals surface area contributed by atoms with E-state index in [4.69, 9.17) is 5.73 Å². The van der Waals surface area contributed by atoms with Gasteiger partial charge in [0.2, 0.25) is 0 Å². The van der Waals surface area contributed by atoms with Crippen LogP contribution < -0.4 is 11.3 Å². The molecule has 86 valence electrons. The number of pyridine rings is 1. The summed E-state index contributed by atoms with van der Waals surface area (Å²) in [7, 11) is 0. The molecule has 2 rings (SSSR count). The van der Waals surface area contributed by atoms with Crippen molar-refractivity contribution in [1.29, 1.82) is 0 Å². The van der Waals surface area contributed by atoms with Crippen LogP contribution in [0.3, 0.4) is 0 Å². The van der Waals surface area contributed by atoms with Gasteiger partial charge >= 0.3 is 0 Å². The Morgan fingerprint density at radius 3 is 3.00 bits per heavy atom. The number of nitrogens with zero attached hydrogens (tertiary/aromatic N) is 2. The highest BCUT2D eigenvalue weighted by atomic mass is 16.1. The Labute approximate surface area is 93.3 Å². The van der Waals surface area contributed by atoms with Crippen molar-refractivity contribution in [3.8, 4) is 0 Å². The molecular formula is C11H16N4O. The van der Waals surface area contributed by atoms with Crippen molar-refractivity contribution >= 4 is 11.0 Å². The Bertz CT molecular complexity index is 555. The first kappa shape index (κ1) is 10.9. The lowest BCUT2D eigenvalue weighted by Crippen LogP contribution is -2.17. The monoisotopic (exact) mass is 220 g/mol. The predicted molar refractivity (Wildman–Crippen MR) is 63.2 cm³/mol. The van der Waals surface area contributed by atoms with Gasteiger partial charge in [-0.15, -0.1) is 0 Å². The molecule has 1 unspecified atom stereocenters. The van der Waals surface area contributed by atoms with Gasteiger partial charge in [0.15, 0.2) is 0 Å². The lowest BCUT2D eigenvalue weighted by molar-refractivity contribution is 0.489. The minimum Gasteiger partial charge on any atom is -0.326 e. The fourth-order valence-electron chi connectivity index (χ4n) is 1.71. The number of hydrogen-bond acceptors (Lipinski definition) is 3. The summed E-state index contributed by atoms with van der Waals surface area (Å²) in [5.41, 5.74) is 6.73. The Balaban J connectivity index is 2.65. The van der Waals surface area contributed by atoms with Crippen LogP contribution in [0.5, 0.6) is 0 Å². The van der Waals surface area contributed by atoms with Crippen LogP contribution in [0.2, 0.25) is 0 Å². The Morgan fingerprint density at radius 2 is 2.38 bits per heavy atom. The molecule has 0 saturated heterocycles. The van der Waals surface area contributed by atoms with Crippen molar-refractivity contribution in [3.05, 3.63) is 28.2 Å². The molecule has 0 aliphatic rings. The van der Waals surface area contributed by atoms with E-state index in [0.29, 0.717) is 5.56 Å². The molecule has 0 fully saturated rings. The SMILES string of the molecule is CCC(C)n1ncc2cc(CN)c(=O)[nH]c21. The first-order chi connectivity index (χ1) is 7.67. The molecule has 0 amide bonds. The van der Waals surface area contributed by atoms with Crippen LogP contribution in [0.15, 0.2) is 17.1 Å². The van der Waals surface area contributed by atoms with Crippen molar-refractivity contribution in [2.45, 2.75) is 32.9 Å². The third-order valence-corrected chi connectivity index (χ3v) is 2.91. The molecule has 2 aromatic rings. The van der Waals surface area contributed by atoms with E-state index in [2.05, 4.69) is 23.9 Å². The molecule has 5 nitrogen and oxygen atoms in total. The van der Waals surface area contributed by atoms with Gasteiger partial charge in [-0.2, -0.15) is 5.10 Å². The Hall–Kier alpha value is -1.62. The van der Waals surface area contributed by atoms with Gasteiger partial charge in [0.25, 0.3) is 5.56 Å². The summed E-state index contributed by atoms with van der Waals surface area (Å²) < 4.78 is 1.84. The van der Waals surface area contributed by atoms with Gasteiger partial charge in [-0.25, -0.2) is 4.68 Å². The summed E-state index contributed by atoms with van der Waals surface area (Å²) in [6, 6.07) is 2.08. The first-order valence-electron chi connectivity index (χ1n) is 5.46. The van der Waals surface area contributed by atoms with Gasteiger partial charge in [0, 0.05) is 17.5 Å². The fourth-order valence-corrected chi connectivity index (χ4v) is 1.71. The summed E-state index contributed by atoms with van der Waals surface area (Å²) >= 11 is 0. The number of rotatable bonds is 3. The van der Waals surface area contributed by atoms with Crippen molar-refractivity contribution in [3.63, 3.8) is 0 Å². The van der Waals surface area contributed by atoms with E-state index in [0.717, 1.165) is 17.5 Å². The normalized spacial score (nSPS) is 13.2. The van der Waals surface area contributed by atoms with Crippen molar-refractivity contribution in [2.24, 2.45) is 5.73 Å². The van der Waals surface area contributed by atoms with E-state index in [-0.39, 0.29) is 18.1 Å². The Morgan fingerprint density at radius 1 is 1.62 bits per heavy atom. The minimum absolute atomic E-state index is 0.125. The molecule has 1 atom stereocenters. The van der Waals surface area contributed by atoms with Crippen molar-refractivity contribution in [2.75, 3.05) is 0 Å². The molecule has 0 aliphatic carbocycles. The lowest BCUT2D eigenvalue weighted by atomic mass is 10.2. The van der Waals surface area contributed by atoms with E-state index in [1.807, 2.05) is 4.68 Å². The number of nitrogens with two attached hydrogens (primary N) is 1. The van der Waals surface area contributed by atoms with Crippen LogP contribution in [-0.2, 0) is 6.54 Å². The molecule has 16 heavy (non-hydrogen) atoms. The predicted octanol–water partition coefficient (Wildman–Crippen LogP) is 1.15. The molecule has 5 heteroatoms. The van der Waals surface area contributed by atoms with E-state index in [1.54, 1.807) is 12.3 Å². The second kappa shape index (κ2) is 4.09. The molecule has 0 bridgehead atoms. The maximum atomic E-state index is 11.6. The molecule has 0 aliphatic heterocycles.